The number of aliphatic imine (C=N–C) groups is 1. The summed E-state index contributed by atoms with van der Waals surface area (Å²) in [6, 6.07) is 8.13. The van der Waals surface area contributed by atoms with Gasteiger partial charge in [0.1, 0.15) is 17.6 Å². The molecule has 8 heteroatoms. The number of guanidine groups is 1. The van der Waals surface area contributed by atoms with Gasteiger partial charge in [0.05, 0.1) is 20.3 Å². The smallest absolute Gasteiger partial charge is 0.191 e. The van der Waals surface area contributed by atoms with E-state index in [1.165, 1.54) is 13.0 Å². The summed E-state index contributed by atoms with van der Waals surface area (Å²) in [6.07, 6.45) is 3.53. The Bertz CT molecular complexity index is 630. The summed E-state index contributed by atoms with van der Waals surface area (Å²) >= 11 is 0. The van der Waals surface area contributed by atoms with Crippen molar-refractivity contribution in [1.82, 2.24) is 15.5 Å². The summed E-state index contributed by atoms with van der Waals surface area (Å²) < 4.78 is 16.6. The molecule has 1 aromatic carbocycles. The summed E-state index contributed by atoms with van der Waals surface area (Å²) in [6.45, 7) is 8.07. The fourth-order valence-corrected chi connectivity index (χ4v) is 3.91. The van der Waals surface area contributed by atoms with Gasteiger partial charge in [-0.2, -0.15) is 0 Å². The molecule has 2 aliphatic rings. The van der Waals surface area contributed by atoms with Crippen molar-refractivity contribution in [2.75, 3.05) is 53.6 Å². The minimum atomic E-state index is 0. The Hall–Kier alpha value is -1.26. The van der Waals surface area contributed by atoms with E-state index in [0.29, 0.717) is 12.6 Å². The van der Waals surface area contributed by atoms with Crippen molar-refractivity contribution in [2.24, 2.45) is 10.9 Å². The lowest BCUT2D eigenvalue weighted by molar-refractivity contribution is 0.150. The van der Waals surface area contributed by atoms with Crippen molar-refractivity contribution in [3.05, 3.63) is 24.3 Å². The van der Waals surface area contributed by atoms with Gasteiger partial charge in [0.15, 0.2) is 5.96 Å². The van der Waals surface area contributed by atoms with E-state index in [0.717, 1.165) is 62.5 Å². The third kappa shape index (κ3) is 8.11. The zero-order valence-corrected chi connectivity index (χ0v) is 20.8. The predicted molar refractivity (Wildman–Crippen MR) is 131 cm³/mol. The summed E-state index contributed by atoms with van der Waals surface area (Å²) in [7, 11) is 3.48. The normalized spacial score (nSPS) is 21.6. The summed E-state index contributed by atoms with van der Waals surface area (Å²) in [5.74, 6) is 3.23. The molecule has 0 aromatic heterocycles. The Morgan fingerprint density at radius 2 is 1.90 bits per heavy atom. The minimum absolute atomic E-state index is 0. The molecule has 1 aromatic rings. The number of piperidine rings is 1. The van der Waals surface area contributed by atoms with Gasteiger partial charge in [-0.05, 0) is 56.4 Å². The Morgan fingerprint density at radius 3 is 2.50 bits per heavy atom. The van der Waals surface area contributed by atoms with E-state index in [2.05, 4.69) is 27.4 Å². The highest BCUT2D eigenvalue weighted by Crippen LogP contribution is 2.19. The van der Waals surface area contributed by atoms with Gasteiger partial charge in [-0.3, -0.25) is 4.99 Å². The minimum Gasteiger partial charge on any atom is -0.497 e. The van der Waals surface area contributed by atoms with E-state index >= 15 is 0 Å². The molecular weight excluding hydrogens is 495 g/mol. The van der Waals surface area contributed by atoms with Crippen LogP contribution >= 0.6 is 24.0 Å². The van der Waals surface area contributed by atoms with Crippen LogP contribution in [-0.4, -0.2) is 76.6 Å². The van der Waals surface area contributed by atoms with Crippen LogP contribution in [0.5, 0.6) is 11.5 Å². The monoisotopic (exact) mass is 532 g/mol. The number of likely N-dealkylation sites (tertiary alicyclic amines) is 1. The zero-order chi connectivity index (χ0) is 20.5. The fourth-order valence-electron chi connectivity index (χ4n) is 3.91. The standard InChI is InChI=1S/C22H36N4O3.HI/c1-17(29-21-6-4-20(27-3)5-7-21)14-24-22(23-2)25-19-8-11-26(12-9-19)15-18-10-13-28-16-18;/h4-7,17-19H,8-16H2,1-3H3,(H2,23,24,25);1H. The van der Waals surface area contributed by atoms with Gasteiger partial charge in [0, 0.05) is 39.3 Å². The number of benzene rings is 1. The van der Waals surface area contributed by atoms with Crippen LogP contribution in [0.4, 0.5) is 0 Å². The SMILES string of the molecule is CN=C(NCC(C)Oc1ccc(OC)cc1)NC1CCN(CC2CCOC2)CC1.I. The van der Waals surface area contributed by atoms with Gasteiger partial charge in [-0.25, -0.2) is 0 Å². The van der Waals surface area contributed by atoms with E-state index in [9.17, 15) is 0 Å². The van der Waals surface area contributed by atoms with E-state index in [-0.39, 0.29) is 30.1 Å². The van der Waals surface area contributed by atoms with Gasteiger partial charge in [-0.15, -0.1) is 24.0 Å². The van der Waals surface area contributed by atoms with Crippen LogP contribution in [-0.2, 0) is 4.74 Å². The Balaban J connectivity index is 0.00000320. The number of nitrogens with zero attached hydrogens (tertiary/aromatic N) is 2. The lowest BCUT2D eigenvalue weighted by atomic mass is 10.0. The summed E-state index contributed by atoms with van der Waals surface area (Å²) in [5.41, 5.74) is 0. The maximum absolute atomic E-state index is 5.96. The Kier molecular flexibility index (Phi) is 11.0. The molecule has 2 heterocycles. The molecular formula is C22H37IN4O3. The van der Waals surface area contributed by atoms with Crippen LogP contribution in [0.1, 0.15) is 26.2 Å². The molecule has 0 spiro atoms. The first-order chi connectivity index (χ1) is 14.2. The maximum Gasteiger partial charge on any atom is 0.191 e. The number of halogens is 1. The molecule has 0 aliphatic carbocycles. The lowest BCUT2D eigenvalue weighted by Crippen LogP contribution is -2.50. The van der Waals surface area contributed by atoms with E-state index in [1.807, 2.05) is 31.3 Å². The Morgan fingerprint density at radius 1 is 1.20 bits per heavy atom. The van der Waals surface area contributed by atoms with Crippen LogP contribution in [0, 0.1) is 5.92 Å². The van der Waals surface area contributed by atoms with Gasteiger partial charge in [-0.1, -0.05) is 0 Å². The number of rotatable bonds is 8. The average Bonchev–Trinajstić information content (AvgIpc) is 3.26. The number of hydrogen-bond donors (Lipinski definition) is 2. The number of methoxy groups -OCH3 is 1. The third-order valence-corrected chi connectivity index (χ3v) is 5.65. The largest absolute Gasteiger partial charge is 0.497 e. The van der Waals surface area contributed by atoms with Gasteiger partial charge < -0.3 is 29.7 Å². The number of hydrogen-bond acceptors (Lipinski definition) is 5. The van der Waals surface area contributed by atoms with Crippen molar-refractivity contribution >= 4 is 29.9 Å². The molecule has 0 bridgehead atoms. The molecule has 0 amide bonds. The van der Waals surface area contributed by atoms with Crippen LogP contribution in [0.15, 0.2) is 29.3 Å². The van der Waals surface area contributed by atoms with E-state index in [1.54, 1.807) is 7.11 Å². The highest BCUT2D eigenvalue weighted by molar-refractivity contribution is 14.0. The number of nitrogens with one attached hydrogen (secondary N) is 2. The average molecular weight is 532 g/mol. The fraction of sp³-hybridized carbons (Fsp3) is 0.682. The second-order valence-electron chi connectivity index (χ2n) is 8.01. The van der Waals surface area contributed by atoms with Crippen LogP contribution in [0.2, 0.25) is 0 Å². The summed E-state index contributed by atoms with van der Waals surface area (Å²) in [4.78, 5) is 6.96. The topological polar surface area (TPSA) is 67.4 Å². The summed E-state index contributed by atoms with van der Waals surface area (Å²) in [5, 5.41) is 6.96. The van der Waals surface area contributed by atoms with Crippen molar-refractivity contribution in [2.45, 2.75) is 38.3 Å². The molecule has 2 atom stereocenters. The quantitative estimate of drug-likeness (QED) is 0.305. The molecule has 2 N–H and O–H groups in total. The molecule has 0 saturated carbocycles. The van der Waals surface area contributed by atoms with Crippen molar-refractivity contribution in [3.63, 3.8) is 0 Å². The molecule has 30 heavy (non-hydrogen) atoms. The predicted octanol–water partition coefficient (Wildman–Crippen LogP) is 2.75. The maximum atomic E-state index is 5.96. The lowest BCUT2D eigenvalue weighted by Gasteiger charge is -2.34. The van der Waals surface area contributed by atoms with Crippen molar-refractivity contribution in [3.8, 4) is 11.5 Å². The van der Waals surface area contributed by atoms with E-state index in [4.69, 9.17) is 14.2 Å². The zero-order valence-electron chi connectivity index (χ0n) is 18.4. The van der Waals surface area contributed by atoms with Crippen LogP contribution in [0.25, 0.3) is 0 Å². The molecule has 2 unspecified atom stereocenters. The molecule has 0 radical (unpaired) electrons. The van der Waals surface area contributed by atoms with E-state index < -0.39 is 0 Å². The molecule has 2 fully saturated rings. The van der Waals surface area contributed by atoms with Crippen LogP contribution in [0.3, 0.4) is 0 Å². The first-order valence-electron chi connectivity index (χ1n) is 10.7. The molecule has 170 valence electrons. The molecule has 3 rings (SSSR count). The third-order valence-electron chi connectivity index (χ3n) is 5.65. The van der Waals surface area contributed by atoms with Crippen LogP contribution < -0.4 is 20.1 Å². The van der Waals surface area contributed by atoms with Crippen molar-refractivity contribution in [1.29, 1.82) is 0 Å². The molecule has 7 nitrogen and oxygen atoms in total. The van der Waals surface area contributed by atoms with Gasteiger partial charge >= 0.3 is 0 Å². The highest BCUT2D eigenvalue weighted by atomic mass is 127. The molecule has 2 aliphatic heterocycles. The van der Waals surface area contributed by atoms with Gasteiger partial charge in [0.2, 0.25) is 0 Å². The highest BCUT2D eigenvalue weighted by Gasteiger charge is 2.24. The number of ether oxygens (including phenoxy) is 3. The Labute approximate surface area is 197 Å². The first-order valence-corrected chi connectivity index (χ1v) is 10.7. The second-order valence-corrected chi connectivity index (χ2v) is 8.01. The van der Waals surface area contributed by atoms with Gasteiger partial charge in [0.25, 0.3) is 0 Å². The molecule has 2 saturated heterocycles. The first kappa shape index (κ1) is 25.0. The second kappa shape index (κ2) is 13.2. The van der Waals surface area contributed by atoms with Crippen molar-refractivity contribution < 1.29 is 14.2 Å².